The summed E-state index contributed by atoms with van der Waals surface area (Å²) in [4.78, 5) is 23.3. The molecule has 1 fully saturated rings. The molecule has 1 N–H and O–H groups in total. The molecule has 0 aromatic carbocycles. The van der Waals surface area contributed by atoms with Gasteiger partial charge in [0.2, 0.25) is 0 Å². The molecule has 0 unspecified atom stereocenters. The van der Waals surface area contributed by atoms with Crippen LogP contribution in [0.25, 0.3) is 0 Å². The highest BCUT2D eigenvalue weighted by Gasteiger charge is 2.23. The molecule has 6 nitrogen and oxygen atoms in total. The number of likely N-dealkylation sites (tertiary alicyclic amines) is 1. The van der Waals surface area contributed by atoms with Gasteiger partial charge in [-0.2, -0.15) is 0 Å². The lowest BCUT2D eigenvalue weighted by Crippen LogP contribution is -2.45. The van der Waals surface area contributed by atoms with Gasteiger partial charge < -0.3 is 10.1 Å². The van der Waals surface area contributed by atoms with Crippen molar-refractivity contribution in [1.82, 2.24) is 15.2 Å². The van der Waals surface area contributed by atoms with Gasteiger partial charge in [-0.15, -0.1) is 0 Å². The monoisotopic (exact) mass is 398 g/mol. The van der Waals surface area contributed by atoms with Crippen LogP contribution in [0.4, 0.5) is 4.79 Å². The van der Waals surface area contributed by atoms with Gasteiger partial charge in [-0.05, 0) is 70.1 Å². The molecule has 0 bridgehead atoms. The highest BCUT2D eigenvalue weighted by molar-refractivity contribution is 5.79. The Morgan fingerprint density at radius 1 is 1.24 bits per heavy atom. The molecule has 0 radical (unpaired) electrons. The number of carbonyl (C=O) groups is 1. The average molecular weight is 399 g/mol. The van der Waals surface area contributed by atoms with Crippen LogP contribution in [0.1, 0.15) is 57.7 Å². The number of pyridine rings is 1. The van der Waals surface area contributed by atoms with Gasteiger partial charge in [-0.3, -0.25) is 14.9 Å². The van der Waals surface area contributed by atoms with E-state index >= 15 is 0 Å². The number of piperidine rings is 1. The second kappa shape index (κ2) is 10.0. The maximum Gasteiger partial charge on any atom is 0.407 e. The van der Waals surface area contributed by atoms with E-state index < -0.39 is 5.60 Å². The zero-order chi connectivity index (χ0) is 20.7. The van der Waals surface area contributed by atoms with Gasteiger partial charge in [0.05, 0.1) is 0 Å². The number of hydrogen-bond donors (Lipinski definition) is 1. The van der Waals surface area contributed by atoms with E-state index in [0.29, 0.717) is 0 Å². The van der Waals surface area contributed by atoms with Gasteiger partial charge in [0.15, 0.2) is 0 Å². The normalized spacial score (nSPS) is 18.4. The topological polar surface area (TPSA) is 66.8 Å². The number of amides is 1. The molecule has 6 heteroatoms. The minimum absolute atomic E-state index is 0.194. The van der Waals surface area contributed by atoms with Crippen molar-refractivity contribution in [3.8, 4) is 0 Å². The van der Waals surface area contributed by atoms with Crippen LogP contribution in [-0.4, -0.2) is 53.5 Å². The minimum atomic E-state index is -0.453. The average Bonchev–Trinajstić information content (AvgIpc) is 2.68. The summed E-state index contributed by atoms with van der Waals surface area (Å²) < 4.78 is 5.35. The summed E-state index contributed by atoms with van der Waals surface area (Å²) in [5, 5.41) is 2.99. The fourth-order valence-electron chi connectivity index (χ4n) is 3.66. The number of rotatable bonds is 6. The first-order chi connectivity index (χ1) is 13.9. The van der Waals surface area contributed by atoms with E-state index in [4.69, 9.17) is 4.74 Å². The molecule has 0 atom stereocenters. The summed E-state index contributed by atoms with van der Waals surface area (Å²) in [5.74, 6) is 0. The number of carbonyl (C=O) groups excluding carboxylic acids is 1. The Morgan fingerprint density at radius 3 is 2.66 bits per heavy atom. The first-order valence-electron chi connectivity index (χ1n) is 10.7. The number of nitrogens with zero attached hydrogens (tertiary/aromatic N) is 3. The van der Waals surface area contributed by atoms with E-state index in [2.05, 4.69) is 38.4 Å². The summed E-state index contributed by atoms with van der Waals surface area (Å²) in [6.45, 7) is 9.42. The van der Waals surface area contributed by atoms with Crippen LogP contribution in [0.2, 0.25) is 0 Å². The summed E-state index contributed by atoms with van der Waals surface area (Å²) in [5.41, 5.74) is 3.25. The van der Waals surface area contributed by atoms with Crippen molar-refractivity contribution < 1.29 is 9.53 Å². The van der Waals surface area contributed by atoms with Crippen molar-refractivity contribution in [2.45, 2.75) is 71.1 Å². The molecule has 3 rings (SSSR count). The molecule has 29 heavy (non-hydrogen) atoms. The van der Waals surface area contributed by atoms with Crippen molar-refractivity contribution >= 4 is 12.3 Å². The number of dihydropyridines is 1. The van der Waals surface area contributed by atoms with Crippen molar-refractivity contribution in [3.63, 3.8) is 0 Å². The second-order valence-electron chi connectivity index (χ2n) is 8.96. The molecule has 1 aromatic rings. The zero-order valence-electron chi connectivity index (χ0n) is 18.0. The Labute approximate surface area is 174 Å². The fraction of sp³-hybridized carbons (Fsp3) is 0.609. The Balaban J connectivity index is 1.38. The summed E-state index contributed by atoms with van der Waals surface area (Å²) >= 11 is 0. The fourth-order valence-corrected chi connectivity index (χ4v) is 3.66. The van der Waals surface area contributed by atoms with E-state index in [1.807, 2.05) is 33.2 Å². The van der Waals surface area contributed by atoms with Gasteiger partial charge in [-0.1, -0.05) is 12.1 Å². The molecule has 0 spiro atoms. The van der Waals surface area contributed by atoms with Crippen LogP contribution in [0.15, 0.2) is 35.0 Å². The number of hydrogen-bond acceptors (Lipinski definition) is 5. The molecule has 1 aromatic heterocycles. The molecular formula is C23H34N4O2. The maximum atomic E-state index is 11.9. The summed E-state index contributed by atoms with van der Waals surface area (Å²) in [6.07, 6.45) is 10.9. The van der Waals surface area contributed by atoms with E-state index in [9.17, 15) is 4.79 Å². The molecule has 1 saturated heterocycles. The van der Waals surface area contributed by atoms with E-state index in [-0.39, 0.29) is 12.1 Å². The van der Waals surface area contributed by atoms with Crippen LogP contribution >= 0.6 is 0 Å². The Bertz CT molecular complexity index is 726. The molecule has 3 heterocycles. The molecule has 158 valence electrons. The quantitative estimate of drug-likeness (QED) is 0.789. The number of aryl methyl sites for hydroxylation is 1. The van der Waals surface area contributed by atoms with E-state index in [1.54, 1.807) is 0 Å². The van der Waals surface area contributed by atoms with Crippen molar-refractivity contribution in [2.24, 2.45) is 4.99 Å². The van der Waals surface area contributed by atoms with Crippen LogP contribution < -0.4 is 5.32 Å². The standard InChI is InChI=1S/C23H34N4O2/c1-23(2,3)29-22(28)26-21-10-13-27(14-11-21)17-19-7-9-20(25-16-19)8-6-18-5-4-12-24-15-18/h5,7,9,15-16,21H,4,6,8,10-14,17H2,1-3H3,(H,26,28). The van der Waals surface area contributed by atoms with Gasteiger partial charge in [0.25, 0.3) is 0 Å². The molecule has 2 aliphatic rings. The number of nitrogens with one attached hydrogen (secondary N) is 1. The highest BCUT2D eigenvalue weighted by atomic mass is 16.6. The maximum absolute atomic E-state index is 11.9. The van der Waals surface area contributed by atoms with Gasteiger partial charge >= 0.3 is 6.09 Å². The molecule has 0 aliphatic carbocycles. The van der Waals surface area contributed by atoms with Crippen molar-refractivity contribution in [2.75, 3.05) is 19.6 Å². The lowest BCUT2D eigenvalue weighted by atomic mass is 10.0. The Morgan fingerprint density at radius 2 is 2.03 bits per heavy atom. The highest BCUT2D eigenvalue weighted by Crippen LogP contribution is 2.16. The third-order valence-corrected chi connectivity index (χ3v) is 5.19. The Hall–Kier alpha value is -2.21. The molecule has 0 saturated carbocycles. The first kappa shape index (κ1) is 21.5. The summed E-state index contributed by atoms with van der Waals surface area (Å²) in [6, 6.07) is 4.53. The smallest absolute Gasteiger partial charge is 0.407 e. The first-order valence-corrected chi connectivity index (χ1v) is 10.7. The third kappa shape index (κ3) is 7.61. The second-order valence-corrected chi connectivity index (χ2v) is 8.96. The van der Waals surface area contributed by atoms with Gasteiger partial charge in [-0.25, -0.2) is 4.79 Å². The largest absolute Gasteiger partial charge is 0.444 e. The van der Waals surface area contributed by atoms with Crippen molar-refractivity contribution in [1.29, 1.82) is 0 Å². The molecule has 1 amide bonds. The van der Waals surface area contributed by atoms with Crippen molar-refractivity contribution in [3.05, 3.63) is 41.2 Å². The van der Waals surface area contributed by atoms with Gasteiger partial charge in [0.1, 0.15) is 5.60 Å². The summed E-state index contributed by atoms with van der Waals surface area (Å²) in [7, 11) is 0. The minimum Gasteiger partial charge on any atom is -0.444 e. The SMILES string of the molecule is CC(C)(C)OC(=O)NC1CCN(Cc2ccc(CCC3=CCCN=C3)nc2)CC1. The number of alkyl carbamates (subject to hydrolysis) is 1. The lowest BCUT2D eigenvalue weighted by molar-refractivity contribution is 0.0477. The molecule has 2 aliphatic heterocycles. The predicted octanol–water partition coefficient (Wildman–Crippen LogP) is 3.90. The van der Waals surface area contributed by atoms with Crippen LogP contribution in [0, 0.1) is 0 Å². The third-order valence-electron chi connectivity index (χ3n) is 5.19. The molecular weight excluding hydrogens is 364 g/mol. The van der Waals surface area contributed by atoms with Crippen LogP contribution in [-0.2, 0) is 17.7 Å². The Kier molecular flexibility index (Phi) is 7.42. The number of allylic oxidation sites excluding steroid dienone is 1. The lowest BCUT2D eigenvalue weighted by Gasteiger charge is -2.32. The van der Waals surface area contributed by atoms with E-state index in [1.165, 1.54) is 11.1 Å². The zero-order valence-corrected chi connectivity index (χ0v) is 18.0. The van der Waals surface area contributed by atoms with Crippen LogP contribution in [0.5, 0.6) is 0 Å². The predicted molar refractivity (Wildman–Crippen MR) is 116 cm³/mol. The number of ether oxygens (including phenoxy) is 1. The number of aromatic nitrogens is 1. The van der Waals surface area contributed by atoms with Gasteiger partial charge in [0, 0.05) is 50.3 Å². The number of aliphatic imine (C=N–C) groups is 1. The van der Waals surface area contributed by atoms with Crippen LogP contribution in [0.3, 0.4) is 0 Å². The van der Waals surface area contributed by atoms with E-state index in [0.717, 1.165) is 64.0 Å².